The third-order valence-corrected chi connectivity index (χ3v) is 7.02. The lowest BCUT2D eigenvalue weighted by molar-refractivity contribution is 0.598. The second-order valence-corrected chi connectivity index (χ2v) is 9.23. The lowest BCUT2D eigenvalue weighted by Crippen LogP contribution is -2.25. The zero-order chi connectivity index (χ0) is 17.4. The Bertz CT molecular complexity index is 957. The van der Waals surface area contributed by atoms with Crippen molar-refractivity contribution in [2.24, 2.45) is 0 Å². The Balaban J connectivity index is 1.96. The predicted octanol–water partition coefficient (Wildman–Crippen LogP) is 1.73. The van der Waals surface area contributed by atoms with Crippen LogP contribution in [0.3, 0.4) is 0 Å². The molecule has 0 atom stereocenters. The van der Waals surface area contributed by atoms with Gasteiger partial charge in [-0.05, 0) is 43.2 Å². The van der Waals surface area contributed by atoms with Crippen molar-refractivity contribution in [1.82, 2.24) is 4.98 Å². The van der Waals surface area contributed by atoms with Gasteiger partial charge >= 0.3 is 0 Å². The molecule has 1 aromatic heterocycles. The molecule has 1 aliphatic heterocycles. The first-order chi connectivity index (χ1) is 11.3. The number of nitrogens with zero attached hydrogens (tertiary/aromatic N) is 2. The third kappa shape index (κ3) is 3.22. The van der Waals surface area contributed by atoms with Crippen molar-refractivity contribution in [3.8, 4) is 0 Å². The van der Waals surface area contributed by atoms with Crippen LogP contribution in [0, 0.1) is 6.92 Å². The van der Waals surface area contributed by atoms with Crippen LogP contribution in [-0.2, 0) is 20.0 Å². The van der Waals surface area contributed by atoms with Crippen molar-refractivity contribution in [2.75, 3.05) is 21.3 Å². The number of hydrogen-bond acceptors (Lipinski definition) is 5. The van der Waals surface area contributed by atoms with Crippen molar-refractivity contribution >= 4 is 31.4 Å². The van der Waals surface area contributed by atoms with Gasteiger partial charge in [0.2, 0.25) is 10.0 Å². The highest BCUT2D eigenvalue weighted by Gasteiger charge is 2.29. The lowest BCUT2D eigenvalue weighted by Gasteiger charge is -2.19. The normalized spacial score (nSPS) is 17.0. The molecule has 24 heavy (non-hydrogen) atoms. The molecule has 0 radical (unpaired) electrons. The smallest absolute Gasteiger partial charge is 0.263 e. The van der Waals surface area contributed by atoms with Crippen molar-refractivity contribution < 1.29 is 16.8 Å². The molecule has 0 bridgehead atoms. The molecule has 0 amide bonds. The molecule has 2 heterocycles. The molecule has 7 nitrogen and oxygen atoms in total. The van der Waals surface area contributed by atoms with Crippen LogP contribution in [-0.4, -0.2) is 34.1 Å². The Labute approximate surface area is 141 Å². The minimum atomic E-state index is -3.79. The van der Waals surface area contributed by atoms with E-state index in [0.29, 0.717) is 29.9 Å². The highest BCUT2D eigenvalue weighted by molar-refractivity contribution is 7.93. The Morgan fingerprint density at radius 1 is 1.25 bits per heavy atom. The quantitative estimate of drug-likeness (QED) is 0.888. The van der Waals surface area contributed by atoms with Crippen molar-refractivity contribution in [2.45, 2.75) is 18.2 Å². The molecular formula is C15H17N3O4S2. The molecule has 0 unspecified atom stereocenters. The summed E-state index contributed by atoms with van der Waals surface area (Å²) in [5.41, 5.74) is 1.50. The van der Waals surface area contributed by atoms with E-state index in [2.05, 4.69) is 9.71 Å². The molecule has 2 aromatic rings. The van der Waals surface area contributed by atoms with Gasteiger partial charge in [-0.3, -0.25) is 14.0 Å². The fourth-order valence-corrected chi connectivity index (χ4v) is 5.16. The Kier molecular flexibility index (Phi) is 4.22. The number of nitrogens with one attached hydrogen (secondary N) is 1. The van der Waals surface area contributed by atoms with Crippen molar-refractivity contribution in [1.29, 1.82) is 0 Å². The van der Waals surface area contributed by atoms with E-state index in [9.17, 15) is 16.8 Å². The van der Waals surface area contributed by atoms with Crippen LogP contribution in [0.4, 0.5) is 11.4 Å². The summed E-state index contributed by atoms with van der Waals surface area (Å²) >= 11 is 0. The minimum absolute atomic E-state index is 0.0450. The zero-order valence-corrected chi connectivity index (χ0v) is 14.6. The first-order valence-corrected chi connectivity index (χ1v) is 10.4. The summed E-state index contributed by atoms with van der Waals surface area (Å²) < 4.78 is 52.8. The van der Waals surface area contributed by atoms with Crippen LogP contribution in [0.5, 0.6) is 0 Å². The minimum Gasteiger partial charge on any atom is -0.279 e. The number of benzene rings is 1. The lowest BCUT2D eigenvalue weighted by atomic mass is 10.2. The van der Waals surface area contributed by atoms with E-state index in [0.717, 1.165) is 0 Å². The van der Waals surface area contributed by atoms with E-state index in [1.807, 2.05) is 0 Å². The van der Waals surface area contributed by atoms with Gasteiger partial charge in [-0.2, -0.15) is 0 Å². The molecule has 0 saturated carbocycles. The molecular weight excluding hydrogens is 350 g/mol. The molecule has 1 aromatic carbocycles. The van der Waals surface area contributed by atoms with Crippen LogP contribution >= 0.6 is 0 Å². The highest BCUT2D eigenvalue weighted by atomic mass is 32.2. The molecule has 128 valence electrons. The van der Waals surface area contributed by atoms with E-state index in [4.69, 9.17) is 0 Å². The van der Waals surface area contributed by atoms with Crippen molar-refractivity contribution in [3.05, 3.63) is 48.3 Å². The van der Waals surface area contributed by atoms with Gasteiger partial charge in [0.05, 0.1) is 17.1 Å². The second-order valence-electron chi connectivity index (χ2n) is 5.54. The van der Waals surface area contributed by atoms with Crippen molar-refractivity contribution in [3.63, 3.8) is 0 Å². The summed E-state index contributed by atoms with van der Waals surface area (Å²) in [5, 5.41) is 0. The van der Waals surface area contributed by atoms with E-state index >= 15 is 0 Å². The number of sulfonamides is 2. The van der Waals surface area contributed by atoms with E-state index in [-0.39, 0.29) is 10.6 Å². The molecule has 1 fully saturated rings. The summed E-state index contributed by atoms with van der Waals surface area (Å²) in [5.74, 6) is 0.109. The maximum absolute atomic E-state index is 12.4. The zero-order valence-electron chi connectivity index (χ0n) is 13.0. The van der Waals surface area contributed by atoms with E-state index < -0.39 is 20.0 Å². The third-order valence-electron chi connectivity index (χ3n) is 3.80. The van der Waals surface area contributed by atoms with Gasteiger partial charge < -0.3 is 0 Å². The maximum Gasteiger partial charge on any atom is 0.263 e. The average Bonchev–Trinajstić information content (AvgIpc) is 2.89. The summed E-state index contributed by atoms with van der Waals surface area (Å²) in [4.78, 5) is 3.85. The maximum atomic E-state index is 12.4. The first-order valence-electron chi connectivity index (χ1n) is 7.33. The Hall–Kier alpha value is -2.13. The molecule has 1 saturated heterocycles. The number of hydrogen-bond donors (Lipinski definition) is 1. The number of pyridine rings is 1. The van der Waals surface area contributed by atoms with Crippen LogP contribution in [0.25, 0.3) is 0 Å². The van der Waals surface area contributed by atoms with Crippen LogP contribution in [0.15, 0.2) is 47.6 Å². The van der Waals surface area contributed by atoms with Crippen LogP contribution < -0.4 is 9.03 Å². The molecule has 0 aliphatic carbocycles. The van der Waals surface area contributed by atoms with Gasteiger partial charge in [-0.15, -0.1) is 0 Å². The number of anilines is 2. The fourth-order valence-electron chi connectivity index (χ4n) is 2.51. The summed E-state index contributed by atoms with van der Waals surface area (Å²) in [6, 6.07) is 7.91. The number of rotatable bonds is 4. The van der Waals surface area contributed by atoms with Gasteiger partial charge in [0.25, 0.3) is 10.0 Å². The van der Waals surface area contributed by atoms with Gasteiger partial charge in [0, 0.05) is 18.9 Å². The predicted molar refractivity (Wildman–Crippen MR) is 92.0 cm³/mol. The number of aromatic nitrogens is 1. The van der Waals surface area contributed by atoms with Crippen LogP contribution in [0.1, 0.15) is 12.0 Å². The fraction of sp³-hybridized carbons (Fsp3) is 0.267. The number of aryl methyl sites for hydroxylation is 1. The van der Waals surface area contributed by atoms with Gasteiger partial charge in [-0.25, -0.2) is 16.8 Å². The SMILES string of the molecule is Cc1ccc(N2CCCS2(=O)=O)cc1NS(=O)(=O)c1cccnc1. The summed E-state index contributed by atoms with van der Waals surface area (Å²) in [6.45, 7) is 2.16. The molecule has 1 N–H and O–H groups in total. The summed E-state index contributed by atoms with van der Waals surface area (Å²) in [7, 11) is -7.10. The molecule has 0 spiro atoms. The van der Waals surface area contributed by atoms with Gasteiger partial charge in [0.1, 0.15) is 4.90 Å². The molecule has 9 heteroatoms. The Morgan fingerprint density at radius 2 is 2.04 bits per heavy atom. The monoisotopic (exact) mass is 367 g/mol. The van der Waals surface area contributed by atoms with Gasteiger partial charge in [0.15, 0.2) is 0 Å². The van der Waals surface area contributed by atoms with Gasteiger partial charge in [-0.1, -0.05) is 6.07 Å². The van der Waals surface area contributed by atoms with E-state index in [1.54, 1.807) is 25.1 Å². The van der Waals surface area contributed by atoms with E-state index in [1.165, 1.54) is 28.8 Å². The highest BCUT2D eigenvalue weighted by Crippen LogP contribution is 2.29. The largest absolute Gasteiger partial charge is 0.279 e. The standard InChI is InChI=1S/C15H17N3O4S2/c1-12-5-6-13(18-8-3-9-23(18,19)20)10-15(12)17-24(21,22)14-4-2-7-16-11-14/h2,4-7,10-11,17H,3,8-9H2,1H3. The molecule has 1 aliphatic rings. The molecule has 3 rings (SSSR count). The first kappa shape index (κ1) is 16.7. The Morgan fingerprint density at radius 3 is 2.67 bits per heavy atom. The topological polar surface area (TPSA) is 96.4 Å². The summed E-state index contributed by atoms with van der Waals surface area (Å²) in [6.07, 6.45) is 3.31. The average molecular weight is 367 g/mol. The second kappa shape index (κ2) is 6.06. The van der Waals surface area contributed by atoms with Crippen LogP contribution in [0.2, 0.25) is 0 Å².